The number of rotatable bonds is 6. The summed E-state index contributed by atoms with van der Waals surface area (Å²) in [5.74, 6) is 0.0354. The number of hydrogen-bond acceptors (Lipinski definition) is 2. The molecule has 1 aromatic heterocycles. The van der Waals surface area contributed by atoms with Gasteiger partial charge in [0.1, 0.15) is 0 Å². The van der Waals surface area contributed by atoms with Crippen molar-refractivity contribution in [1.29, 1.82) is 0 Å². The van der Waals surface area contributed by atoms with Crippen LogP contribution in [0.3, 0.4) is 0 Å². The molecule has 4 heteroatoms. The van der Waals surface area contributed by atoms with Crippen LogP contribution >= 0.6 is 0 Å². The summed E-state index contributed by atoms with van der Waals surface area (Å²) >= 11 is 0. The van der Waals surface area contributed by atoms with Gasteiger partial charge in [-0.1, -0.05) is 18.2 Å². The van der Waals surface area contributed by atoms with Crippen LogP contribution in [0.2, 0.25) is 0 Å². The molecule has 2 aromatic rings. The first-order valence-corrected chi connectivity index (χ1v) is 7.07. The van der Waals surface area contributed by atoms with Gasteiger partial charge in [0, 0.05) is 42.7 Å². The number of benzene rings is 1. The van der Waals surface area contributed by atoms with Crippen LogP contribution in [0.4, 0.5) is 0 Å². The average molecular weight is 274 g/mol. The molecule has 4 nitrogen and oxygen atoms in total. The molecular formula is C16H22N2O2. The Hall–Kier alpha value is -1.81. The zero-order valence-corrected chi connectivity index (χ0v) is 12.1. The fourth-order valence-corrected chi connectivity index (χ4v) is 2.50. The van der Waals surface area contributed by atoms with E-state index >= 15 is 0 Å². The summed E-state index contributed by atoms with van der Waals surface area (Å²) in [6, 6.07) is 8.29. The van der Waals surface area contributed by atoms with Crippen LogP contribution in [0.5, 0.6) is 0 Å². The third kappa shape index (κ3) is 3.02. The summed E-state index contributed by atoms with van der Waals surface area (Å²) in [5.41, 5.74) is 3.68. The molecule has 1 heterocycles. The summed E-state index contributed by atoms with van der Waals surface area (Å²) in [6.45, 7) is 5.56. The van der Waals surface area contributed by atoms with E-state index in [1.165, 1.54) is 22.2 Å². The van der Waals surface area contributed by atoms with Crippen molar-refractivity contribution in [2.75, 3.05) is 13.2 Å². The molecule has 0 saturated carbocycles. The average Bonchev–Trinajstić information content (AvgIpc) is 2.70. The molecule has 0 atom stereocenters. The van der Waals surface area contributed by atoms with Gasteiger partial charge in [-0.2, -0.15) is 0 Å². The largest absolute Gasteiger partial charge is 0.396 e. The Morgan fingerprint density at radius 3 is 2.80 bits per heavy atom. The Kier molecular flexibility index (Phi) is 4.79. The number of aliphatic hydroxyl groups excluding tert-OH is 1. The summed E-state index contributed by atoms with van der Waals surface area (Å²) < 4.78 is 2.20. The van der Waals surface area contributed by atoms with Crippen molar-refractivity contribution in [3.8, 4) is 0 Å². The lowest BCUT2D eigenvalue weighted by Crippen LogP contribution is -2.26. The topological polar surface area (TPSA) is 54.3 Å². The number of carbonyl (C=O) groups is 1. The zero-order chi connectivity index (χ0) is 14.5. The molecule has 0 fully saturated rings. The first-order valence-electron chi connectivity index (χ1n) is 7.07. The standard InChI is InChI=1S/C16H22N2O2/c1-12-13(2)18(15-7-4-3-6-14(12)15)10-8-16(20)17-9-5-11-19/h3-4,6-7,19H,5,8-11H2,1-2H3,(H,17,20). The molecule has 20 heavy (non-hydrogen) atoms. The Morgan fingerprint density at radius 1 is 1.30 bits per heavy atom. The summed E-state index contributed by atoms with van der Waals surface area (Å²) in [4.78, 5) is 11.7. The molecule has 0 saturated heterocycles. The normalized spacial score (nSPS) is 10.9. The van der Waals surface area contributed by atoms with Crippen molar-refractivity contribution < 1.29 is 9.90 Å². The fourth-order valence-electron chi connectivity index (χ4n) is 2.50. The molecule has 2 rings (SSSR count). The lowest BCUT2D eigenvalue weighted by molar-refractivity contribution is -0.121. The van der Waals surface area contributed by atoms with Gasteiger partial charge in [0.2, 0.25) is 5.91 Å². The Labute approximate surface area is 119 Å². The molecule has 0 bridgehead atoms. The number of nitrogens with zero attached hydrogens (tertiary/aromatic N) is 1. The monoisotopic (exact) mass is 274 g/mol. The fraction of sp³-hybridized carbons (Fsp3) is 0.438. The maximum absolute atomic E-state index is 11.7. The number of para-hydroxylation sites is 1. The number of nitrogens with one attached hydrogen (secondary N) is 1. The molecule has 0 radical (unpaired) electrons. The third-order valence-corrected chi connectivity index (χ3v) is 3.77. The van der Waals surface area contributed by atoms with E-state index in [1.54, 1.807) is 0 Å². The second kappa shape index (κ2) is 6.57. The predicted octanol–water partition coefficient (Wildman–Crippen LogP) is 2.15. The highest BCUT2D eigenvalue weighted by atomic mass is 16.3. The maximum atomic E-state index is 11.7. The van der Waals surface area contributed by atoms with Gasteiger partial charge in [-0.05, 0) is 31.9 Å². The molecule has 108 valence electrons. The van der Waals surface area contributed by atoms with E-state index in [4.69, 9.17) is 5.11 Å². The van der Waals surface area contributed by atoms with Gasteiger partial charge in [0.25, 0.3) is 0 Å². The van der Waals surface area contributed by atoms with Crippen LogP contribution in [-0.4, -0.2) is 28.7 Å². The number of fused-ring (bicyclic) bond motifs is 1. The molecule has 0 unspecified atom stereocenters. The number of aliphatic hydroxyl groups is 1. The number of aromatic nitrogens is 1. The van der Waals surface area contributed by atoms with Crippen LogP contribution < -0.4 is 5.32 Å². The maximum Gasteiger partial charge on any atom is 0.221 e. The van der Waals surface area contributed by atoms with E-state index in [1.807, 2.05) is 12.1 Å². The van der Waals surface area contributed by atoms with Gasteiger partial charge in [-0.3, -0.25) is 4.79 Å². The summed E-state index contributed by atoms with van der Waals surface area (Å²) in [5, 5.41) is 12.8. The lowest BCUT2D eigenvalue weighted by Gasteiger charge is -2.09. The first-order chi connectivity index (χ1) is 9.65. The van der Waals surface area contributed by atoms with Crippen LogP contribution in [-0.2, 0) is 11.3 Å². The van der Waals surface area contributed by atoms with Crippen LogP contribution in [0, 0.1) is 13.8 Å². The van der Waals surface area contributed by atoms with Crippen molar-refractivity contribution in [2.24, 2.45) is 0 Å². The van der Waals surface area contributed by atoms with Gasteiger partial charge in [-0.15, -0.1) is 0 Å². The highest BCUT2D eigenvalue weighted by Crippen LogP contribution is 2.24. The SMILES string of the molecule is Cc1c(C)n(CCC(=O)NCCCO)c2ccccc12. The van der Waals surface area contributed by atoms with Crippen molar-refractivity contribution >= 4 is 16.8 Å². The minimum atomic E-state index is 0.0354. The first kappa shape index (κ1) is 14.6. The van der Waals surface area contributed by atoms with Crippen molar-refractivity contribution in [2.45, 2.75) is 33.2 Å². The van der Waals surface area contributed by atoms with Gasteiger partial charge in [0.05, 0.1) is 0 Å². The highest BCUT2D eigenvalue weighted by molar-refractivity contribution is 5.85. The van der Waals surface area contributed by atoms with Crippen LogP contribution in [0.25, 0.3) is 10.9 Å². The van der Waals surface area contributed by atoms with E-state index in [0.717, 1.165) is 0 Å². The molecule has 0 spiro atoms. The molecule has 1 aromatic carbocycles. The Balaban J connectivity index is 2.07. The molecule has 1 amide bonds. The smallest absolute Gasteiger partial charge is 0.221 e. The van der Waals surface area contributed by atoms with Gasteiger partial charge >= 0.3 is 0 Å². The number of aryl methyl sites for hydroxylation is 2. The van der Waals surface area contributed by atoms with Gasteiger partial charge in [0.15, 0.2) is 0 Å². The van der Waals surface area contributed by atoms with E-state index < -0.39 is 0 Å². The van der Waals surface area contributed by atoms with E-state index in [2.05, 4.69) is 35.9 Å². The van der Waals surface area contributed by atoms with Gasteiger partial charge in [-0.25, -0.2) is 0 Å². The second-order valence-corrected chi connectivity index (χ2v) is 5.06. The van der Waals surface area contributed by atoms with Crippen molar-refractivity contribution in [3.63, 3.8) is 0 Å². The van der Waals surface area contributed by atoms with Crippen molar-refractivity contribution in [3.05, 3.63) is 35.5 Å². The van der Waals surface area contributed by atoms with Gasteiger partial charge < -0.3 is 15.0 Å². The summed E-state index contributed by atoms with van der Waals surface area (Å²) in [6.07, 6.45) is 1.07. The minimum Gasteiger partial charge on any atom is -0.396 e. The third-order valence-electron chi connectivity index (χ3n) is 3.77. The van der Waals surface area contributed by atoms with E-state index in [9.17, 15) is 4.79 Å². The summed E-state index contributed by atoms with van der Waals surface area (Å²) in [7, 11) is 0. The number of amides is 1. The predicted molar refractivity (Wildman–Crippen MR) is 80.7 cm³/mol. The lowest BCUT2D eigenvalue weighted by atomic mass is 10.2. The number of hydrogen-bond donors (Lipinski definition) is 2. The Bertz CT molecular complexity index is 602. The molecular weight excluding hydrogens is 252 g/mol. The quantitative estimate of drug-likeness (QED) is 0.793. The van der Waals surface area contributed by atoms with E-state index in [0.29, 0.717) is 25.9 Å². The van der Waals surface area contributed by atoms with E-state index in [-0.39, 0.29) is 12.5 Å². The van der Waals surface area contributed by atoms with Crippen LogP contribution in [0.15, 0.2) is 24.3 Å². The molecule has 2 N–H and O–H groups in total. The molecule has 0 aliphatic carbocycles. The van der Waals surface area contributed by atoms with Crippen LogP contribution in [0.1, 0.15) is 24.1 Å². The molecule has 0 aliphatic heterocycles. The number of carbonyl (C=O) groups excluding carboxylic acids is 1. The highest BCUT2D eigenvalue weighted by Gasteiger charge is 2.11. The molecule has 0 aliphatic rings. The van der Waals surface area contributed by atoms with Crippen molar-refractivity contribution in [1.82, 2.24) is 9.88 Å². The second-order valence-electron chi connectivity index (χ2n) is 5.06. The minimum absolute atomic E-state index is 0.0354. The zero-order valence-electron chi connectivity index (χ0n) is 12.1. The Morgan fingerprint density at radius 2 is 2.05 bits per heavy atom.